The maximum absolute atomic E-state index is 14.9. The van der Waals surface area contributed by atoms with Crippen LogP contribution in [0.2, 0.25) is 0 Å². The number of alkyl halides is 2. The zero-order valence-corrected chi connectivity index (χ0v) is 29.3. The Morgan fingerprint density at radius 2 is 1.73 bits per heavy atom. The van der Waals surface area contributed by atoms with Crippen LogP contribution in [0.1, 0.15) is 62.9 Å². The molecule has 1 saturated heterocycles. The smallest absolute Gasteiger partial charge is 0.410 e. The highest BCUT2D eigenvalue weighted by Crippen LogP contribution is 2.32. The number of hydrogen-bond donors (Lipinski definition) is 3. The zero-order chi connectivity index (χ0) is 37.6. The van der Waals surface area contributed by atoms with E-state index < -0.39 is 29.6 Å². The summed E-state index contributed by atoms with van der Waals surface area (Å²) in [7, 11) is 0. The summed E-state index contributed by atoms with van der Waals surface area (Å²) in [5.74, 6) is -4.05. The highest BCUT2D eigenvalue weighted by molar-refractivity contribution is 5.96. The number of halogens is 4. The van der Waals surface area contributed by atoms with Crippen molar-refractivity contribution in [2.75, 3.05) is 31.5 Å². The van der Waals surface area contributed by atoms with Gasteiger partial charge in [0.15, 0.2) is 23.0 Å². The summed E-state index contributed by atoms with van der Waals surface area (Å²) >= 11 is 0. The molecule has 2 aromatic carbocycles. The molecule has 1 aliphatic rings. The van der Waals surface area contributed by atoms with Crippen LogP contribution in [-0.4, -0.2) is 75.6 Å². The van der Waals surface area contributed by atoms with E-state index in [1.807, 2.05) is 27.7 Å². The van der Waals surface area contributed by atoms with Gasteiger partial charge in [0.2, 0.25) is 11.7 Å². The molecule has 0 saturated carbocycles. The number of benzene rings is 2. The summed E-state index contributed by atoms with van der Waals surface area (Å²) in [6.45, 7) is 5.69. The quantitative estimate of drug-likeness (QED) is 0.112. The Bertz CT molecular complexity index is 1920. The standard InChI is InChI=1S/C36H41F4N7O5/c1-5-21-19-23(45-30-31-44-20-26(47(31)18-15-41-30)25-9-10-27(51-34(39)40)29(38)28(25)37)7-8-24(21)33(49)43-14-6-13-42-32(48)22-11-16-46(17-12-22)35(50)52-36(2,3)4/h7-10,15,18-20,22,34H,5-6,11-14,16-17H2,1-4H3,(H,41,45)(H,42,48)(H,43,49). The van der Waals surface area contributed by atoms with Crippen molar-refractivity contribution in [2.24, 2.45) is 5.92 Å². The van der Waals surface area contributed by atoms with Gasteiger partial charge in [-0.05, 0) is 82.3 Å². The number of rotatable bonds is 12. The third kappa shape index (κ3) is 9.08. The number of carbonyl (C=O) groups excluding carboxylic acids is 3. The number of aryl methyl sites for hydroxylation is 1. The fourth-order valence-electron chi connectivity index (χ4n) is 5.84. The molecule has 0 spiro atoms. The first kappa shape index (κ1) is 37.8. The van der Waals surface area contributed by atoms with E-state index in [0.717, 1.165) is 17.7 Å². The number of piperidine rings is 1. The van der Waals surface area contributed by atoms with Gasteiger partial charge in [-0.3, -0.25) is 14.0 Å². The zero-order valence-electron chi connectivity index (χ0n) is 29.3. The average Bonchev–Trinajstić information content (AvgIpc) is 3.54. The molecular formula is C36H41F4N7O5. The normalized spacial score (nSPS) is 13.7. The molecule has 5 rings (SSSR count). The van der Waals surface area contributed by atoms with Gasteiger partial charge in [-0.2, -0.15) is 13.2 Å². The fraction of sp³-hybridized carbons (Fsp3) is 0.417. The monoisotopic (exact) mass is 727 g/mol. The average molecular weight is 728 g/mol. The van der Waals surface area contributed by atoms with E-state index in [-0.39, 0.29) is 40.7 Å². The maximum atomic E-state index is 14.9. The Labute approximate surface area is 297 Å². The van der Waals surface area contributed by atoms with Gasteiger partial charge in [0.1, 0.15) is 5.60 Å². The van der Waals surface area contributed by atoms with E-state index in [9.17, 15) is 31.9 Å². The van der Waals surface area contributed by atoms with Crippen LogP contribution in [0, 0.1) is 17.6 Å². The van der Waals surface area contributed by atoms with Crippen molar-refractivity contribution in [2.45, 2.75) is 65.6 Å². The summed E-state index contributed by atoms with van der Waals surface area (Å²) in [6, 6.07) is 7.23. The second kappa shape index (κ2) is 16.3. The molecule has 2 aromatic heterocycles. The lowest BCUT2D eigenvalue weighted by molar-refractivity contribution is -0.126. The number of hydrogen-bond acceptors (Lipinski definition) is 8. The maximum Gasteiger partial charge on any atom is 0.410 e. The van der Waals surface area contributed by atoms with Gasteiger partial charge in [0.05, 0.1) is 11.9 Å². The van der Waals surface area contributed by atoms with Gasteiger partial charge in [-0.1, -0.05) is 6.92 Å². The van der Waals surface area contributed by atoms with Crippen LogP contribution in [0.5, 0.6) is 5.75 Å². The lowest BCUT2D eigenvalue weighted by atomic mass is 9.96. The first-order valence-electron chi connectivity index (χ1n) is 16.9. The summed E-state index contributed by atoms with van der Waals surface area (Å²) in [4.78, 5) is 48.3. The third-order valence-corrected chi connectivity index (χ3v) is 8.42. The minimum Gasteiger partial charge on any atom is -0.444 e. The van der Waals surface area contributed by atoms with E-state index in [2.05, 4.69) is 30.7 Å². The van der Waals surface area contributed by atoms with Crippen molar-refractivity contribution in [3.63, 3.8) is 0 Å². The molecule has 3 heterocycles. The number of nitrogens with one attached hydrogen (secondary N) is 3. The van der Waals surface area contributed by atoms with Gasteiger partial charge in [-0.25, -0.2) is 19.2 Å². The van der Waals surface area contributed by atoms with Gasteiger partial charge in [0.25, 0.3) is 5.91 Å². The minimum atomic E-state index is -3.31. The number of fused-ring (bicyclic) bond motifs is 1. The summed E-state index contributed by atoms with van der Waals surface area (Å²) < 4.78 is 65.4. The molecule has 4 aromatic rings. The highest BCUT2D eigenvalue weighted by atomic mass is 19.3. The molecule has 52 heavy (non-hydrogen) atoms. The van der Waals surface area contributed by atoms with Crippen LogP contribution >= 0.6 is 0 Å². The lowest BCUT2D eigenvalue weighted by Crippen LogP contribution is -2.45. The lowest BCUT2D eigenvalue weighted by Gasteiger charge is -2.32. The molecule has 0 bridgehead atoms. The van der Waals surface area contributed by atoms with Crippen molar-refractivity contribution in [3.05, 3.63) is 71.7 Å². The molecule has 3 N–H and O–H groups in total. The van der Waals surface area contributed by atoms with Gasteiger partial charge < -0.3 is 30.3 Å². The van der Waals surface area contributed by atoms with Crippen LogP contribution in [0.4, 0.5) is 33.9 Å². The van der Waals surface area contributed by atoms with Crippen LogP contribution in [0.25, 0.3) is 16.9 Å². The second-order valence-corrected chi connectivity index (χ2v) is 13.2. The molecule has 1 aliphatic heterocycles. The molecule has 12 nitrogen and oxygen atoms in total. The number of anilines is 2. The number of likely N-dealkylation sites (tertiary alicyclic amines) is 1. The SMILES string of the molecule is CCc1cc(Nc2nccn3c(-c4ccc(OC(F)F)c(F)c4F)cnc23)ccc1C(=O)NCCCNC(=O)C1CCN(C(=O)OC(C)(C)C)CC1. The Morgan fingerprint density at radius 1 is 1.00 bits per heavy atom. The predicted molar refractivity (Wildman–Crippen MR) is 185 cm³/mol. The van der Waals surface area contributed by atoms with E-state index in [4.69, 9.17) is 4.74 Å². The van der Waals surface area contributed by atoms with E-state index in [1.165, 1.54) is 23.0 Å². The Balaban J connectivity index is 1.14. The molecular weight excluding hydrogens is 686 g/mol. The predicted octanol–water partition coefficient (Wildman–Crippen LogP) is 6.47. The van der Waals surface area contributed by atoms with Crippen LogP contribution in [-0.2, 0) is 16.0 Å². The summed E-state index contributed by atoms with van der Waals surface area (Å²) in [5, 5.41) is 8.99. The van der Waals surface area contributed by atoms with Gasteiger partial charge in [0, 0.05) is 61.3 Å². The number of carbonyl (C=O) groups is 3. The largest absolute Gasteiger partial charge is 0.444 e. The van der Waals surface area contributed by atoms with Crippen molar-refractivity contribution >= 4 is 35.1 Å². The van der Waals surface area contributed by atoms with Crippen LogP contribution < -0.4 is 20.7 Å². The summed E-state index contributed by atoms with van der Waals surface area (Å²) in [6.07, 6.45) is 6.05. The molecule has 0 aliphatic carbocycles. The Morgan fingerprint density at radius 3 is 2.42 bits per heavy atom. The van der Waals surface area contributed by atoms with Crippen molar-refractivity contribution < 1.29 is 41.4 Å². The fourth-order valence-corrected chi connectivity index (χ4v) is 5.84. The summed E-state index contributed by atoms with van der Waals surface area (Å²) in [5.41, 5.74) is 1.49. The number of nitrogens with zero attached hydrogens (tertiary/aromatic N) is 4. The molecule has 16 heteroatoms. The first-order valence-corrected chi connectivity index (χ1v) is 16.9. The van der Waals surface area contributed by atoms with E-state index in [1.54, 1.807) is 23.1 Å². The van der Waals surface area contributed by atoms with Crippen LogP contribution in [0.15, 0.2) is 48.9 Å². The first-order chi connectivity index (χ1) is 24.8. The van der Waals surface area contributed by atoms with Gasteiger partial charge >= 0.3 is 12.7 Å². The number of ether oxygens (including phenoxy) is 2. The van der Waals surface area contributed by atoms with E-state index in [0.29, 0.717) is 68.9 Å². The topological polar surface area (TPSA) is 139 Å². The molecule has 0 atom stereocenters. The second-order valence-electron chi connectivity index (χ2n) is 13.2. The van der Waals surface area contributed by atoms with Crippen molar-refractivity contribution in [1.29, 1.82) is 0 Å². The minimum absolute atomic E-state index is 0.0688. The third-order valence-electron chi connectivity index (χ3n) is 8.42. The molecule has 0 unspecified atom stereocenters. The Kier molecular flexibility index (Phi) is 11.9. The van der Waals surface area contributed by atoms with Gasteiger partial charge in [-0.15, -0.1) is 0 Å². The molecule has 3 amide bonds. The number of imidazole rings is 1. The van der Waals surface area contributed by atoms with E-state index >= 15 is 0 Å². The number of aromatic nitrogens is 3. The van der Waals surface area contributed by atoms with Crippen molar-refractivity contribution in [3.8, 4) is 17.0 Å². The molecule has 0 radical (unpaired) electrons. The van der Waals surface area contributed by atoms with Crippen molar-refractivity contribution in [1.82, 2.24) is 29.9 Å². The Hall–Kier alpha value is -5.41. The molecule has 1 fully saturated rings. The molecule has 278 valence electrons. The highest BCUT2D eigenvalue weighted by Gasteiger charge is 2.30. The van der Waals surface area contributed by atoms with Crippen LogP contribution in [0.3, 0.4) is 0 Å². The number of amides is 3.